The average Bonchev–Trinajstić information content (AvgIpc) is 3.09. The van der Waals surface area contributed by atoms with Crippen LogP contribution in [0.3, 0.4) is 0 Å². The van der Waals surface area contributed by atoms with E-state index >= 15 is 0 Å². The SMILES string of the molecule is CCC1=C(C(N)=O)C(=Nc2ccc(C3CCN(C)CC3)cc2)N=C(N2CCCC(NC(=O)N(C)C)C2)CC1. The third-order valence-corrected chi connectivity index (χ3v) is 7.97. The maximum absolute atomic E-state index is 12.6. The number of carbonyl (C=O) groups excluding carboxylic acids is 2. The van der Waals surface area contributed by atoms with Gasteiger partial charge in [0.15, 0.2) is 5.84 Å². The number of hydrogen-bond donors (Lipinski definition) is 2. The standard InChI is InChI=1S/C29H43N7O2/c1-5-20-10-13-25(36-16-6-7-24(19-36)32-29(38)34(2)3)33-28(26(20)27(30)37)31-23-11-8-21(9-12-23)22-14-17-35(4)18-15-22/h8-9,11-12,22,24H,5-7,10,13-19H2,1-4H3,(H2,30,37)(H,32,38). The van der Waals surface area contributed by atoms with E-state index in [1.807, 2.05) is 19.1 Å². The number of amides is 3. The van der Waals surface area contributed by atoms with Crippen LogP contribution in [-0.4, -0.2) is 91.7 Å². The van der Waals surface area contributed by atoms with Crippen molar-refractivity contribution in [3.63, 3.8) is 0 Å². The number of benzene rings is 1. The van der Waals surface area contributed by atoms with Crippen LogP contribution >= 0.6 is 0 Å². The van der Waals surface area contributed by atoms with Crippen molar-refractivity contribution in [2.45, 2.75) is 63.8 Å². The Hall–Kier alpha value is -3.20. The van der Waals surface area contributed by atoms with Crippen LogP contribution in [0.4, 0.5) is 10.5 Å². The molecule has 2 fully saturated rings. The lowest BCUT2D eigenvalue weighted by Gasteiger charge is -2.35. The van der Waals surface area contributed by atoms with Crippen LogP contribution in [-0.2, 0) is 4.79 Å². The van der Waals surface area contributed by atoms with Crippen LogP contribution in [0.1, 0.15) is 63.4 Å². The van der Waals surface area contributed by atoms with Crippen molar-refractivity contribution in [3.8, 4) is 0 Å². The molecule has 2 saturated heterocycles. The number of nitrogens with two attached hydrogens (primary N) is 1. The fourth-order valence-electron chi connectivity index (χ4n) is 5.65. The molecule has 0 saturated carbocycles. The molecule has 3 aliphatic heterocycles. The highest BCUT2D eigenvalue weighted by Gasteiger charge is 2.28. The lowest BCUT2D eigenvalue weighted by molar-refractivity contribution is -0.114. The van der Waals surface area contributed by atoms with Gasteiger partial charge >= 0.3 is 6.03 Å². The smallest absolute Gasteiger partial charge is 0.317 e. The molecule has 1 atom stereocenters. The second kappa shape index (κ2) is 12.6. The van der Waals surface area contributed by atoms with E-state index in [4.69, 9.17) is 15.7 Å². The molecule has 0 radical (unpaired) electrons. The van der Waals surface area contributed by atoms with Gasteiger partial charge in [-0.25, -0.2) is 14.8 Å². The van der Waals surface area contributed by atoms with Gasteiger partial charge in [-0.2, -0.15) is 0 Å². The van der Waals surface area contributed by atoms with Crippen molar-refractivity contribution in [1.29, 1.82) is 0 Å². The van der Waals surface area contributed by atoms with Crippen LogP contribution < -0.4 is 11.1 Å². The minimum atomic E-state index is -0.483. The lowest BCUT2D eigenvalue weighted by Crippen LogP contribution is -2.51. The molecule has 4 rings (SSSR count). The summed E-state index contributed by atoms with van der Waals surface area (Å²) in [5.74, 6) is 1.39. The van der Waals surface area contributed by atoms with E-state index in [9.17, 15) is 9.59 Å². The Morgan fingerprint density at radius 2 is 1.82 bits per heavy atom. The Bertz CT molecular complexity index is 1100. The fourth-order valence-corrected chi connectivity index (χ4v) is 5.65. The number of primary amides is 1. The third kappa shape index (κ3) is 6.81. The van der Waals surface area contributed by atoms with E-state index < -0.39 is 5.91 Å². The summed E-state index contributed by atoms with van der Waals surface area (Å²) in [6, 6.07) is 8.33. The molecule has 3 aliphatic rings. The summed E-state index contributed by atoms with van der Waals surface area (Å²) in [6.07, 6.45) is 6.36. The van der Waals surface area contributed by atoms with Gasteiger partial charge in [0.25, 0.3) is 5.91 Å². The largest absolute Gasteiger partial charge is 0.365 e. The number of piperidine rings is 2. The summed E-state index contributed by atoms with van der Waals surface area (Å²) in [7, 11) is 5.67. The van der Waals surface area contributed by atoms with Crippen molar-refractivity contribution in [3.05, 3.63) is 41.0 Å². The van der Waals surface area contributed by atoms with Crippen molar-refractivity contribution in [2.75, 3.05) is 47.3 Å². The number of urea groups is 1. The first-order valence-electron chi connectivity index (χ1n) is 13.9. The second-order valence-electron chi connectivity index (χ2n) is 11.0. The van der Waals surface area contributed by atoms with E-state index in [0.717, 1.165) is 68.8 Å². The maximum atomic E-state index is 12.6. The van der Waals surface area contributed by atoms with E-state index in [-0.39, 0.29) is 12.1 Å². The Labute approximate surface area is 226 Å². The van der Waals surface area contributed by atoms with Crippen molar-refractivity contribution in [1.82, 2.24) is 20.0 Å². The minimum absolute atomic E-state index is 0.0475. The first-order valence-corrected chi connectivity index (χ1v) is 13.9. The number of nitrogens with one attached hydrogen (secondary N) is 1. The molecule has 9 heteroatoms. The summed E-state index contributed by atoms with van der Waals surface area (Å²) in [6.45, 7) is 5.83. The maximum Gasteiger partial charge on any atom is 0.317 e. The molecule has 1 aromatic carbocycles. The predicted molar refractivity (Wildman–Crippen MR) is 153 cm³/mol. The fraction of sp³-hybridized carbons (Fsp3) is 0.586. The van der Waals surface area contributed by atoms with Crippen LogP contribution in [0, 0.1) is 0 Å². The Morgan fingerprint density at radius 3 is 2.45 bits per heavy atom. The van der Waals surface area contributed by atoms with E-state index in [0.29, 0.717) is 36.7 Å². The molecule has 3 amide bonds. The third-order valence-electron chi connectivity index (χ3n) is 7.97. The monoisotopic (exact) mass is 521 g/mol. The Kier molecular flexibility index (Phi) is 9.20. The van der Waals surface area contributed by atoms with Crippen LogP contribution in [0.2, 0.25) is 0 Å². The number of rotatable bonds is 5. The molecule has 3 heterocycles. The molecule has 38 heavy (non-hydrogen) atoms. The second-order valence-corrected chi connectivity index (χ2v) is 11.0. The summed E-state index contributed by atoms with van der Waals surface area (Å²) < 4.78 is 0. The van der Waals surface area contributed by atoms with E-state index in [2.05, 4.69) is 34.3 Å². The normalized spacial score (nSPS) is 22.7. The lowest BCUT2D eigenvalue weighted by atomic mass is 9.89. The van der Waals surface area contributed by atoms with Gasteiger partial charge in [0.1, 0.15) is 5.84 Å². The molecule has 0 spiro atoms. The molecule has 1 unspecified atom stereocenters. The van der Waals surface area contributed by atoms with Gasteiger partial charge < -0.3 is 25.8 Å². The Morgan fingerprint density at radius 1 is 1.11 bits per heavy atom. The number of allylic oxidation sites excluding steroid dienone is 1. The molecule has 3 N–H and O–H groups in total. The zero-order chi connectivity index (χ0) is 27.2. The molecule has 1 aromatic rings. The van der Waals surface area contributed by atoms with E-state index in [1.165, 1.54) is 5.56 Å². The first kappa shape index (κ1) is 27.8. The van der Waals surface area contributed by atoms with Crippen molar-refractivity contribution in [2.24, 2.45) is 15.7 Å². The van der Waals surface area contributed by atoms with Gasteiger partial charge in [0.05, 0.1) is 11.3 Å². The number of carbonyl (C=O) groups is 2. The van der Waals surface area contributed by atoms with Gasteiger partial charge in [-0.15, -0.1) is 0 Å². The molecular formula is C29H43N7O2. The predicted octanol–water partition coefficient (Wildman–Crippen LogP) is 3.65. The number of nitrogens with zero attached hydrogens (tertiary/aromatic N) is 5. The van der Waals surface area contributed by atoms with Crippen LogP contribution in [0.25, 0.3) is 0 Å². The Balaban J connectivity index is 1.60. The van der Waals surface area contributed by atoms with Gasteiger partial charge in [0.2, 0.25) is 0 Å². The highest BCUT2D eigenvalue weighted by Crippen LogP contribution is 2.30. The van der Waals surface area contributed by atoms with Crippen LogP contribution in [0.5, 0.6) is 0 Å². The van der Waals surface area contributed by atoms with Gasteiger partial charge in [-0.1, -0.05) is 24.6 Å². The topological polar surface area (TPSA) is 107 Å². The number of aliphatic imine (C=N–C) groups is 2. The summed E-state index contributed by atoms with van der Waals surface area (Å²) in [5, 5.41) is 3.11. The molecule has 0 aliphatic carbocycles. The number of likely N-dealkylation sites (tertiary alicyclic amines) is 2. The van der Waals surface area contributed by atoms with Crippen LogP contribution in [0.15, 0.2) is 45.4 Å². The highest BCUT2D eigenvalue weighted by molar-refractivity contribution is 6.24. The first-order chi connectivity index (χ1) is 18.2. The van der Waals surface area contributed by atoms with Crippen molar-refractivity contribution >= 4 is 29.3 Å². The molecule has 9 nitrogen and oxygen atoms in total. The quantitative estimate of drug-likeness (QED) is 0.617. The van der Waals surface area contributed by atoms with Gasteiger partial charge in [-0.3, -0.25) is 4.79 Å². The highest BCUT2D eigenvalue weighted by atomic mass is 16.2. The van der Waals surface area contributed by atoms with Gasteiger partial charge in [-0.05, 0) is 82.3 Å². The molecular weight excluding hydrogens is 478 g/mol. The zero-order valence-corrected chi connectivity index (χ0v) is 23.4. The number of hydrogen-bond acceptors (Lipinski definition) is 5. The number of amidine groups is 2. The summed E-state index contributed by atoms with van der Waals surface area (Å²) >= 11 is 0. The molecule has 0 bridgehead atoms. The average molecular weight is 522 g/mol. The van der Waals surface area contributed by atoms with Crippen molar-refractivity contribution < 1.29 is 9.59 Å². The molecule has 0 aromatic heterocycles. The minimum Gasteiger partial charge on any atom is -0.365 e. The van der Waals surface area contributed by atoms with E-state index in [1.54, 1.807) is 19.0 Å². The molecule has 206 valence electrons. The zero-order valence-electron chi connectivity index (χ0n) is 23.4. The summed E-state index contributed by atoms with van der Waals surface area (Å²) in [5.41, 5.74) is 9.43. The van der Waals surface area contributed by atoms with Gasteiger partial charge in [0, 0.05) is 39.6 Å². The summed E-state index contributed by atoms with van der Waals surface area (Å²) in [4.78, 5) is 40.9.